The first kappa shape index (κ1) is 16.5. The lowest BCUT2D eigenvalue weighted by atomic mass is 10.1. The van der Waals surface area contributed by atoms with Gasteiger partial charge in [-0.3, -0.25) is 4.99 Å². The van der Waals surface area contributed by atoms with E-state index in [4.69, 9.17) is 4.74 Å². The summed E-state index contributed by atoms with van der Waals surface area (Å²) in [5, 5.41) is 9.26. The molecule has 4 heteroatoms. The minimum Gasteiger partial charge on any atom is -0.497 e. The molecule has 0 fully saturated rings. The average Bonchev–Trinajstić information content (AvgIpc) is 2.59. The average molecular weight is 309 g/mol. The highest BCUT2D eigenvalue weighted by Gasteiger charge is 2.15. The van der Waals surface area contributed by atoms with Crippen molar-refractivity contribution in [2.45, 2.75) is 12.5 Å². The Balaban J connectivity index is 1.97. The number of ether oxygens (including phenoxy) is 1. The highest BCUT2D eigenvalue weighted by molar-refractivity contribution is 5.82. The SMILES string of the molecule is COc1ccc(/C=C/C=N[C@@H](Cc2ccccc2)C(=O)O)cc1. The van der Waals surface area contributed by atoms with Crippen molar-refractivity contribution in [1.82, 2.24) is 0 Å². The normalized spacial score (nSPS) is 12.6. The summed E-state index contributed by atoms with van der Waals surface area (Å²) in [6.45, 7) is 0. The molecule has 0 aromatic heterocycles. The molecule has 118 valence electrons. The number of rotatable bonds is 7. The van der Waals surface area contributed by atoms with Crippen molar-refractivity contribution >= 4 is 18.3 Å². The Morgan fingerprint density at radius 3 is 2.48 bits per heavy atom. The second-order valence-corrected chi connectivity index (χ2v) is 4.97. The van der Waals surface area contributed by atoms with Crippen LogP contribution in [0.5, 0.6) is 5.75 Å². The van der Waals surface area contributed by atoms with Gasteiger partial charge in [-0.05, 0) is 29.3 Å². The van der Waals surface area contributed by atoms with Gasteiger partial charge < -0.3 is 9.84 Å². The van der Waals surface area contributed by atoms with E-state index in [0.717, 1.165) is 16.9 Å². The number of methoxy groups -OCH3 is 1. The molecule has 0 aliphatic rings. The predicted molar refractivity (Wildman–Crippen MR) is 92.1 cm³/mol. The fourth-order valence-electron chi connectivity index (χ4n) is 2.06. The number of hydrogen-bond acceptors (Lipinski definition) is 3. The van der Waals surface area contributed by atoms with Crippen LogP contribution in [0.3, 0.4) is 0 Å². The topological polar surface area (TPSA) is 58.9 Å². The number of aliphatic carboxylic acids is 1. The van der Waals surface area contributed by atoms with E-state index in [0.29, 0.717) is 6.42 Å². The van der Waals surface area contributed by atoms with E-state index in [2.05, 4.69) is 4.99 Å². The van der Waals surface area contributed by atoms with Crippen LogP contribution in [-0.4, -0.2) is 30.4 Å². The molecule has 4 nitrogen and oxygen atoms in total. The smallest absolute Gasteiger partial charge is 0.328 e. The Morgan fingerprint density at radius 2 is 1.87 bits per heavy atom. The Kier molecular flexibility index (Phi) is 6.12. The molecule has 1 N–H and O–H groups in total. The van der Waals surface area contributed by atoms with E-state index in [-0.39, 0.29) is 0 Å². The van der Waals surface area contributed by atoms with E-state index in [1.54, 1.807) is 13.2 Å². The number of nitrogens with zero attached hydrogens (tertiary/aromatic N) is 1. The molecule has 0 saturated heterocycles. The van der Waals surface area contributed by atoms with Gasteiger partial charge in [-0.1, -0.05) is 48.5 Å². The number of hydrogen-bond donors (Lipinski definition) is 1. The van der Waals surface area contributed by atoms with Crippen LogP contribution in [0.1, 0.15) is 11.1 Å². The van der Waals surface area contributed by atoms with Gasteiger partial charge >= 0.3 is 5.97 Å². The number of allylic oxidation sites excluding steroid dienone is 1. The second-order valence-electron chi connectivity index (χ2n) is 4.97. The standard InChI is InChI=1S/C19H19NO3/c1-23-17-11-9-15(10-12-17)8-5-13-20-18(19(21)22)14-16-6-3-2-4-7-16/h2-13,18H,14H2,1H3,(H,21,22)/b8-5+,20-13?/t18-/m0/s1. The summed E-state index contributed by atoms with van der Waals surface area (Å²) in [5.41, 5.74) is 1.95. The first-order valence-electron chi connectivity index (χ1n) is 7.29. The number of benzene rings is 2. The third-order valence-electron chi connectivity index (χ3n) is 3.31. The second kappa shape index (κ2) is 8.54. The molecule has 0 aliphatic carbocycles. The van der Waals surface area contributed by atoms with Crippen molar-refractivity contribution in [3.63, 3.8) is 0 Å². The fraction of sp³-hybridized carbons (Fsp3) is 0.158. The zero-order chi connectivity index (χ0) is 16.5. The highest BCUT2D eigenvalue weighted by atomic mass is 16.5. The van der Waals surface area contributed by atoms with Crippen LogP contribution in [0.4, 0.5) is 0 Å². The van der Waals surface area contributed by atoms with Crippen molar-refractivity contribution in [1.29, 1.82) is 0 Å². The quantitative estimate of drug-likeness (QED) is 0.797. The zero-order valence-electron chi connectivity index (χ0n) is 12.9. The van der Waals surface area contributed by atoms with E-state index >= 15 is 0 Å². The summed E-state index contributed by atoms with van der Waals surface area (Å²) in [7, 11) is 1.62. The Morgan fingerprint density at radius 1 is 1.17 bits per heavy atom. The molecule has 2 aromatic carbocycles. The third-order valence-corrected chi connectivity index (χ3v) is 3.31. The van der Waals surface area contributed by atoms with E-state index < -0.39 is 12.0 Å². The molecule has 23 heavy (non-hydrogen) atoms. The maximum Gasteiger partial charge on any atom is 0.328 e. The van der Waals surface area contributed by atoms with Crippen molar-refractivity contribution < 1.29 is 14.6 Å². The number of carbonyl (C=O) groups is 1. The van der Waals surface area contributed by atoms with E-state index in [1.807, 2.05) is 60.7 Å². The van der Waals surface area contributed by atoms with Crippen LogP contribution in [0.2, 0.25) is 0 Å². The zero-order valence-corrected chi connectivity index (χ0v) is 12.9. The number of aliphatic imine (C=N–C) groups is 1. The minimum atomic E-state index is -0.928. The van der Waals surface area contributed by atoms with Crippen LogP contribution >= 0.6 is 0 Å². The maximum absolute atomic E-state index is 11.3. The summed E-state index contributed by atoms with van der Waals surface area (Å²) >= 11 is 0. The largest absolute Gasteiger partial charge is 0.497 e. The lowest BCUT2D eigenvalue weighted by molar-refractivity contribution is -0.138. The molecule has 2 rings (SSSR count). The van der Waals surface area contributed by atoms with E-state index in [1.165, 1.54) is 6.21 Å². The van der Waals surface area contributed by atoms with Crippen LogP contribution in [0, 0.1) is 0 Å². The molecule has 0 aliphatic heterocycles. The fourth-order valence-corrected chi connectivity index (χ4v) is 2.06. The monoisotopic (exact) mass is 309 g/mol. The minimum absolute atomic E-state index is 0.378. The molecule has 0 spiro atoms. The summed E-state index contributed by atoms with van der Waals surface area (Å²) in [6.07, 6.45) is 5.52. The molecule has 0 saturated carbocycles. The van der Waals surface area contributed by atoms with Gasteiger partial charge in [0, 0.05) is 12.6 Å². The van der Waals surface area contributed by atoms with Crippen molar-refractivity contribution in [2.24, 2.45) is 4.99 Å². The van der Waals surface area contributed by atoms with Gasteiger partial charge in [0.15, 0.2) is 6.04 Å². The molecular formula is C19H19NO3. The summed E-state index contributed by atoms with van der Waals surface area (Å²) in [6, 6.07) is 16.3. The lowest BCUT2D eigenvalue weighted by Gasteiger charge is -2.06. The maximum atomic E-state index is 11.3. The summed E-state index contributed by atoms with van der Waals surface area (Å²) in [5.74, 6) is -0.132. The summed E-state index contributed by atoms with van der Waals surface area (Å²) < 4.78 is 5.09. The van der Waals surface area contributed by atoms with Crippen LogP contribution in [-0.2, 0) is 11.2 Å². The first-order chi connectivity index (χ1) is 11.2. The van der Waals surface area contributed by atoms with Gasteiger partial charge in [-0.25, -0.2) is 4.79 Å². The molecule has 0 heterocycles. The molecule has 2 aromatic rings. The van der Waals surface area contributed by atoms with Gasteiger partial charge in [0.2, 0.25) is 0 Å². The van der Waals surface area contributed by atoms with E-state index in [9.17, 15) is 9.90 Å². The van der Waals surface area contributed by atoms with Gasteiger partial charge in [-0.15, -0.1) is 0 Å². The predicted octanol–water partition coefficient (Wildman–Crippen LogP) is 3.48. The molecule has 0 amide bonds. The van der Waals surface area contributed by atoms with Crippen LogP contribution in [0.25, 0.3) is 6.08 Å². The Bertz CT molecular complexity index is 676. The molecule has 1 atom stereocenters. The van der Waals surface area contributed by atoms with Crippen molar-refractivity contribution in [3.05, 3.63) is 71.8 Å². The third kappa shape index (κ3) is 5.43. The van der Waals surface area contributed by atoms with Crippen LogP contribution in [0.15, 0.2) is 65.7 Å². The van der Waals surface area contributed by atoms with Crippen molar-refractivity contribution in [3.8, 4) is 5.75 Å². The molecule has 0 bridgehead atoms. The van der Waals surface area contributed by atoms with Crippen molar-refractivity contribution in [2.75, 3.05) is 7.11 Å². The van der Waals surface area contributed by atoms with Gasteiger partial charge in [0.1, 0.15) is 5.75 Å². The first-order valence-corrected chi connectivity index (χ1v) is 7.29. The van der Waals surface area contributed by atoms with Gasteiger partial charge in [0.05, 0.1) is 7.11 Å². The lowest BCUT2D eigenvalue weighted by Crippen LogP contribution is -2.20. The molecule has 0 radical (unpaired) electrons. The molecule has 0 unspecified atom stereocenters. The Hall–Kier alpha value is -2.88. The van der Waals surface area contributed by atoms with Crippen LogP contribution < -0.4 is 4.74 Å². The highest BCUT2D eigenvalue weighted by Crippen LogP contribution is 2.12. The molecular weight excluding hydrogens is 290 g/mol. The number of carboxylic acids is 1. The summed E-state index contributed by atoms with van der Waals surface area (Å²) in [4.78, 5) is 15.4. The number of carboxylic acid groups (broad SMARTS) is 1. The van der Waals surface area contributed by atoms with Gasteiger partial charge in [0.25, 0.3) is 0 Å². The Labute approximate surface area is 135 Å². The van der Waals surface area contributed by atoms with Gasteiger partial charge in [-0.2, -0.15) is 0 Å².